The molecule has 2 atom stereocenters. The Morgan fingerprint density at radius 3 is 2.74 bits per heavy atom. The fourth-order valence-electron chi connectivity index (χ4n) is 4.25. The summed E-state index contributed by atoms with van der Waals surface area (Å²) in [4.78, 5) is 45.5. The molecule has 4 heterocycles. The summed E-state index contributed by atoms with van der Waals surface area (Å²) in [5.41, 5.74) is 6.80. The molecule has 0 spiro atoms. The molecule has 3 aromatic rings. The number of likely N-dealkylation sites (tertiary alicyclic amines) is 1. The average molecular weight is 559 g/mol. The molecule has 1 aliphatic rings. The molecular formula is C24H27BrN6O3S. The minimum Gasteiger partial charge on any atom is -0.364 e. The summed E-state index contributed by atoms with van der Waals surface area (Å²) < 4.78 is 2.10. The van der Waals surface area contributed by atoms with Crippen LogP contribution in [0.3, 0.4) is 0 Å². The Morgan fingerprint density at radius 1 is 1.31 bits per heavy atom. The quantitative estimate of drug-likeness (QED) is 0.426. The normalized spacial score (nSPS) is 19.7. The van der Waals surface area contributed by atoms with E-state index in [2.05, 4.69) is 45.2 Å². The number of anilines is 1. The van der Waals surface area contributed by atoms with Gasteiger partial charge in [-0.3, -0.25) is 19.1 Å². The van der Waals surface area contributed by atoms with Crippen LogP contribution in [0.1, 0.15) is 42.7 Å². The van der Waals surface area contributed by atoms with Gasteiger partial charge in [-0.1, -0.05) is 26.0 Å². The van der Waals surface area contributed by atoms with Gasteiger partial charge in [0.2, 0.25) is 11.8 Å². The van der Waals surface area contributed by atoms with Crippen LogP contribution in [0.15, 0.2) is 40.3 Å². The van der Waals surface area contributed by atoms with E-state index in [1.54, 1.807) is 17.0 Å². The Balaban J connectivity index is 1.60. The van der Waals surface area contributed by atoms with Crippen molar-refractivity contribution in [1.29, 1.82) is 0 Å². The maximum atomic E-state index is 13.6. The molecule has 0 saturated carbocycles. The lowest BCUT2D eigenvalue weighted by molar-refractivity contribution is -0.137. The predicted molar refractivity (Wildman–Crippen MR) is 138 cm³/mol. The SMILES string of the molecule is CC[C@]1(C)C[C@@H](C(=O)Nc2nc(Br)ccc2C)N(C(=O)Cn2nc(C(N)=O)cc2-c2cccs2)C1. The van der Waals surface area contributed by atoms with Crippen molar-refractivity contribution in [3.05, 3.63) is 51.6 Å². The van der Waals surface area contributed by atoms with E-state index >= 15 is 0 Å². The van der Waals surface area contributed by atoms with Crippen molar-refractivity contribution in [2.75, 3.05) is 11.9 Å². The average Bonchev–Trinajstić information content (AvgIpc) is 3.55. The number of hydrogen-bond donors (Lipinski definition) is 2. The zero-order chi connectivity index (χ0) is 25.3. The molecular weight excluding hydrogens is 532 g/mol. The number of hydrogen-bond acceptors (Lipinski definition) is 6. The van der Waals surface area contributed by atoms with E-state index in [9.17, 15) is 14.4 Å². The summed E-state index contributed by atoms with van der Waals surface area (Å²) in [6.45, 7) is 6.34. The lowest BCUT2D eigenvalue weighted by Gasteiger charge is -2.25. The summed E-state index contributed by atoms with van der Waals surface area (Å²) >= 11 is 4.81. The van der Waals surface area contributed by atoms with Gasteiger partial charge in [-0.05, 0) is 70.3 Å². The number of pyridine rings is 1. The van der Waals surface area contributed by atoms with Crippen molar-refractivity contribution < 1.29 is 14.4 Å². The van der Waals surface area contributed by atoms with Gasteiger partial charge in [0.05, 0.1) is 10.6 Å². The van der Waals surface area contributed by atoms with Gasteiger partial charge in [0.25, 0.3) is 5.91 Å². The lowest BCUT2D eigenvalue weighted by Crippen LogP contribution is -2.45. The molecule has 0 radical (unpaired) electrons. The third-order valence-corrected chi connectivity index (χ3v) is 7.82. The van der Waals surface area contributed by atoms with E-state index in [0.29, 0.717) is 29.1 Å². The Hall–Kier alpha value is -3.05. The van der Waals surface area contributed by atoms with Gasteiger partial charge < -0.3 is 16.0 Å². The smallest absolute Gasteiger partial charge is 0.269 e. The minimum atomic E-state index is -0.664. The van der Waals surface area contributed by atoms with Crippen LogP contribution in [-0.4, -0.2) is 50.0 Å². The Kier molecular flexibility index (Phi) is 7.09. The number of nitrogens with two attached hydrogens (primary N) is 1. The highest BCUT2D eigenvalue weighted by molar-refractivity contribution is 9.10. The lowest BCUT2D eigenvalue weighted by atomic mass is 9.85. The first-order valence-electron chi connectivity index (χ1n) is 11.3. The van der Waals surface area contributed by atoms with E-state index in [1.165, 1.54) is 16.0 Å². The minimum absolute atomic E-state index is 0.0894. The molecule has 1 aliphatic heterocycles. The Morgan fingerprint density at radius 2 is 2.09 bits per heavy atom. The maximum Gasteiger partial charge on any atom is 0.269 e. The Bertz CT molecular complexity index is 1270. The van der Waals surface area contributed by atoms with Crippen LogP contribution < -0.4 is 11.1 Å². The van der Waals surface area contributed by atoms with E-state index in [-0.39, 0.29) is 29.5 Å². The topological polar surface area (TPSA) is 123 Å². The van der Waals surface area contributed by atoms with E-state index < -0.39 is 11.9 Å². The van der Waals surface area contributed by atoms with Crippen LogP contribution in [0.2, 0.25) is 0 Å². The van der Waals surface area contributed by atoms with Crippen LogP contribution in [0.5, 0.6) is 0 Å². The zero-order valence-corrected chi connectivity index (χ0v) is 22.1. The van der Waals surface area contributed by atoms with Gasteiger partial charge in [0, 0.05) is 6.54 Å². The molecule has 35 heavy (non-hydrogen) atoms. The highest BCUT2D eigenvalue weighted by Gasteiger charge is 2.45. The molecule has 4 rings (SSSR count). The number of rotatable bonds is 7. The zero-order valence-electron chi connectivity index (χ0n) is 19.7. The van der Waals surface area contributed by atoms with Crippen molar-refractivity contribution in [2.24, 2.45) is 11.1 Å². The van der Waals surface area contributed by atoms with E-state index in [1.807, 2.05) is 30.5 Å². The molecule has 184 valence electrons. The number of primary amides is 1. The molecule has 0 unspecified atom stereocenters. The molecule has 3 aromatic heterocycles. The standard InChI is InChI=1S/C24H27BrN6O3S/c1-4-24(3)11-17(23(34)28-22-14(2)7-8-19(25)27-22)30(13-24)20(32)12-31-16(18-6-5-9-35-18)10-15(29-31)21(26)33/h5-10,17H,4,11-13H2,1-3H3,(H2,26,33)(H,27,28,34)/t17-,24+/m0/s1. The fraction of sp³-hybridized carbons (Fsp3) is 0.375. The molecule has 1 saturated heterocycles. The second-order valence-electron chi connectivity index (χ2n) is 9.11. The highest BCUT2D eigenvalue weighted by Crippen LogP contribution is 2.38. The molecule has 0 aliphatic carbocycles. The number of aromatic nitrogens is 3. The van der Waals surface area contributed by atoms with Crippen molar-refractivity contribution >= 4 is 50.8 Å². The summed E-state index contributed by atoms with van der Waals surface area (Å²) in [6.07, 6.45) is 1.36. The van der Waals surface area contributed by atoms with E-state index in [0.717, 1.165) is 16.9 Å². The van der Waals surface area contributed by atoms with Crippen molar-refractivity contribution in [1.82, 2.24) is 19.7 Å². The molecule has 0 bridgehead atoms. The number of carbonyl (C=O) groups excluding carboxylic acids is 3. The van der Waals surface area contributed by atoms with Crippen LogP contribution in [0.25, 0.3) is 10.6 Å². The number of aryl methyl sites for hydroxylation is 1. The first-order chi connectivity index (χ1) is 16.6. The summed E-state index contributed by atoms with van der Waals surface area (Å²) in [7, 11) is 0. The molecule has 0 aromatic carbocycles. The highest BCUT2D eigenvalue weighted by atomic mass is 79.9. The summed E-state index contributed by atoms with van der Waals surface area (Å²) in [5, 5.41) is 9.09. The number of carbonyl (C=O) groups is 3. The summed E-state index contributed by atoms with van der Waals surface area (Å²) in [5.74, 6) is -0.734. The number of thiophene rings is 1. The van der Waals surface area contributed by atoms with Crippen molar-refractivity contribution in [3.8, 4) is 10.6 Å². The molecule has 1 fully saturated rings. The monoisotopic (exact) mass is 558 g/mol. The van der Waals surface area contributed by atoms with E-state index in [4.69, 9.17) is 5.73 Å². The van der Waals surface area contributed by atoms with Gasteiger partial charge in [0.1, 0.15) is 23.0 Å². The van der Waals surface area contributed by atoms with Gasteiger partial charge in [-0.15, -0.1) is 11.3 Å². The molecule has 9 nitrogen and oxygen atoms in total. The number of amides is 3. The van der Waals surface area contributed by atoms with Crippen LogP contribution >= 0.6 is 27.3 Å². The van der Waals surface area contributed by atoms with Crippen LogP contribution in [0.4, 0.5) is 5.82 Å². The van der Waals surface area contributed by atoms with Gasteiger partial charge in [-0.25, -0.2) is 4.98 Å². The largest absolute Gasteiger partial charge is 0.364 e. The number of nitrogens with zero attached hydrogens (tertiary/aromatic N) is 4. The molecule has 11 heteroatoms. The number of nitrogens with one attached hydrogen (secondary N) is 1. The summed E-state index contributed by atoms with van der Waals surface area (Å²) in [6, 6.07) is 8.38. The van der Waals surface area contributed by atoms with Crippen LogP contribution in [-0.2, 0) is 16.1 Å². The first kappa shape index (κ1) is 25.1. The Labute approximate surface area is 215 Å². The van der Waals surface area contributed by atoms with Gasteiger partial charge in [0.15, 0.2) is 5.69 Å². The predicted octanol–water partition coefficient (Wildman–Crippen LogP) is 3.83. The molecule has 3 N–H and O–H groups in total. The third-order valence-electron chi connectivity index (χ3n) is 6.49. The van der Waals surface area contributed by atoms with Gasteiger partial charge >= 0.3 is 0 Å². The van der Waals surface area contributed by atoms with Crippen molar-refractivity contribution in [2.45, 2.75) is 46.2 Å². The third kappa shape index (κ3) is 5.30. The first-order valence-corrected chi connectivity index (χ1v) is 12.9. The second-order valence-corrected chi connectivity index (χ2v) is 10.9. The molecule has 3 amide bonds. The van der Waals surface area contributed by atoms with Crippen molar-refractivity contribution in [3.63, 3.8) is 0 Å². The second kappa shape index (κ2) is 9.90. The van der Waals surface area contributed by atoms with Gasteiger partial charge in [-0.2, -0.15) is 5.10 Å². The number of halogens is 1. The fourth-order valence-corrected chi connectivity index (χ4v) is 5.30. The van der Waals surface area contributed by atoms with Crippen LogP contribution in [0, 0.1) is 12.3 Å². The maximum absolute atomic E-state index is 13.6.